The lowest BCUT2D eigenvalue weighted by Crippen LogP contribution is -2.28. The van der Waals surface area contributed by atoms with Crippen molar-refractivity contribution in [1.82, 2.24) is 10.2 Å². The quantitative estimate of drug-likeness (QED) is 0.757. The van der Waals surface area contributed by atoms with Crippen LogP contribution in [0.25, 0.3) is 0 Å². The standard InChI is InChI=1S/C15H18BrFN2S/c1-19(10-12-4-2-3-5-15(12)17)7-6-18-9-14-8-13(16)11-20-14/h2-5,8,11,18H,6-7,9-10H2,1H3. The molecule has 1 aromatic heterocycles. The lowest BCUT2D eigenvalue weighted by Gasteiger charge is -2.17. The van der Waals surface area contributed by atoms with Crippen LogP contribution in [0.15, 0.2) is 40.2 Å². The first-order chi connectivity index (χ1) is 9.65. The minimum atomic E-state index is -0.129. The zero-order valence-electron chi connectivity index (χ0n) is 11.4. The van der Waals surface area contributed by atoms with E-state index in [1.54, 1.807) is 17.4 Å². The molecule has 0 amide bonds. The van der Waals surface area contributed by atoms with E-state index in [0.717, 1.165) is 29.7 Å². The Morgan fingerprint density at radius 3 is 2.85 bits per heavy atom. The van der Waals surface area contributed by atoms with Gasteiger partial charge in [0.05, 0.1) is 0 Å². The maximum absolute atomic E-state index is 13.5. The fourth-order valence-electron chi connectivity index (χ4n) is 1.92. The highest BCUT2D eigenvalue weighted by Gasteiger charge is 2.04. The maximum atomic E-state index is 13.5. The molecule has 0 radical (unpaired) electrons. The van der Waals surface area contributed by atoms with Gasteiger partial charge in [-0.2, -0.15) is 0 Å². The van der Waals surface area contributed by atoms with Crippen molar-refractivity contribution in [3.63, 3.8) is 0 Å². The second kappa shape index (κ2) is 7.88. The van der Waals surface area contributed by atoms with Crippen LogP contribution >= 0.6 is 27.3 Å². The normalized spacial score (nSPS) is 11.2. The fourth-order valence-corrected chi connectivity index (χ4v) is 3.35. The summed E-state index contributed by atoms with van der Waals surface area (Å²) in [6, 6.07) is 9.07. The molecule has 0 aliphatic carbocycles. The van der Waals surface area contributed by atoms with Crippen molar-refractivity contribution in [3.05, 3.63) is 56.4 Å². The van der Waals surface area contributed by atoms with Crippen molar-refractivity contribution in [3.8, 4) is 0 Å². The van der Waals surface area contributed by atoms with E-state index in [1.807, 2.05) is 19.2 Å². The number of hydrogen-bond acceptors (Lipinski definition) is 3. The fraction of sp³-hybridized carbons (Fsp3) is 0.333. The van der Waals surface area contributed by atoms with E-state index >= 15 is 0 Å². The highest BCUT2D eigenvalue weighted by atomic mass is 79.9. The molecule has 2 aromatic rings. The lowest BCUT2D eigenvalue weighted by atomic mass is 10.2. The molecule has 2 nitrogen and oxygen atoms in total. The molecular weight excluding hydrogens is 339 g/mol. The zero-order valence-corrected chi connectivity index (χ0v) is 13.8. The number of likely N-dealkylation sites (N-methyl/N-ethyl adjacent to an activating group) is 1. The number of halogens is 2. The van der Waals surface area contributed by atoms with Crippen molar-refractivity contribution in [1.29, 1.82) is 0 Å². The van der Waals surface area contributed by atoms with Gasteiger partial charge in [0.25, 0.3) is 0 Å². The van der Waals surface area contributed by atoms with Crippen molar-refractivity contribution < 1.29 is 4.39 Å². The minimum absolute atomic E-state index is 0.129. The number of benzene rings is 1. The van der Waals surface area contributed by atoms with Gasteiger partial charge in [-0.15, -0.1) is 11.3 Å². The van der Waals surface area contributed by atoms with Gasteiger partial charge in [-0.3, -0.25) is 0 Å². The molecule has 108 valence electrons. The summed E-state index contributed by atoms with van der Waals surface area (Å²) in [5.41, 5.74) is 0.747. The van der Waals surface area contributed by atoms with Crippen molar-refractivity contribution in [2.45, 2.75) is 13.1 Å². The van der Waals surface area contributed by atoms with E-state index in [1.165, 1.54) is 10.9 Å². The molecule has 1 heterocycles. The Labute approximate surface area is 131 Å². The predicted octanol–water partition coefficient (Wildman–Crippen LogP) is 3.87. The van der Waals surface area contributed by atoms with E-state index in [0.29, 0.717) is 6.54 Å². The first-order valence-corrected chi connectivity index (χ1v) is 8.18. The van der Waals surface area contributed by atoms with Gasteiger partial charge in [0, 0.05) is 46.5 Å². The van der Waals surface area contributed by atoms with E-state index in [2.05, 4.69) is 37.6 Å². The second-order valence-corrected chi connectivity index (χ2v) is 6.65. The van der Waals surface area contributed by atoms with Crippen LogP contribution in [0.1, 0.15) is 10.4 Å². The number of nitrogens with zero attached hydrogens (tertiary/aromatic N) is 1. The third-order valence-electron chi connectivity index (χ3n) is 2.99. The Kier molecular flexibility index (Phi) is 6.16. The molecule has 0 aliphatic rings. The van der Waals surface area contributed by atoms with Crippen LogP contribution in [0.2, 0.25) is 0 Å². The molecule has 1 N–H and O–H groups in total. The third kappa shape index (κ3) is 4.98. The first kappa shape index (κ1) is 15.6. The Morgan fingerprint density at radius 2 is 2.15 bits per heavy atom. The SMILES string of the molecule is CN(CCNCc1cc(Br)cs1)Cc1ccccc1F. The molecule has 20 heavy (non-hydrogen) atoms. The van der Waals surface area contributed by atoms with Gasteiger partial charge in [0.15, 0.2) is 0 Å². The van der Waals surface area contributed by atoms with Crippen LogP contribution in [-0.4, -0.2) is 25.0 Å². The summed E-state index contributed by atoms with van der Waals surface area (Å²) in [5.74, 6) is -0.129. The summed E-state index contributed by atoms with van der Waals surface area (Å²) in [6.45, 7) is 3.30. The number of rotatable bonds is 7. The smallest absolute Gasteiger partial charge is 0.127 e. The van der Waals surface area contributed by atoms with Gasteiger partial charge < -0.3 is 10.2 Å². The molecule has 0 bridgehead atoms. The van der Waals surface area contributed by atoms with Gasteiger partial charge in [0.1, 0.15) is 5.82 Å². The summed E-state index contributed by atoms with van der Waals surface area (Å²) in [6.07, 6.45) is 0. The first-order valence-electron chi connectivity index (χ1n) is 6.51. The molecule has 0 fully saturated rings. The Hall–Kier alpha value is -0.750. The van der Waals surface area contributed by atoms with Crippen LogP contribution in [0.4, 0.5) is 4.39 Å². The van der Waals surface area contributed by atoms with Crippen LogP contribution in [0.5, 0.6) is 0 Å². The molecule has 0 unspecified atom stereocenters. The molecule has 0 atom stereocenters. The molecule has 0 saturated carbocycles. The number of hydrogen-bond donors (Lipinski definition) is 1. The van der Waals surface area contributed by atoms with Crippen molar-refractivity contribution >= 4 is 27.3 Å². The van der Waals surface area contributed by atoms with Gasteiger partial charge in [-0.25, -0.2) is 4.39 Å². The number of nitrogens with one attached hydrogen (secondary N) is 1. The average molecular weight is 357 g/mol. The highest BCUT2D eigenvalue weighted by Crippen LogP contribution is 2.19. The molecule has 0 spiro atoms. The Bertz CT molecular complexity index is 544. The Balaban J connectivity index is 1.68. The summed E-state index contributed by atoms with van der Waals surface area (Å²) >= 11 is 5.19. The summed E-state index contributed by atoms with van der Waals surface area (Å²) in [7, 11) is 2.01. The lowest BCUT2D eigenvalue weighted by molar-refractivity contribution is 0.319. The van der Waals surface area contributed by atoms with E-state index in [-0.39, 0.29) is 5.82 Å². The molecular formula is C15H18BrFN2S. The summed E-state index contributed by atoms with van der Waals surface area (Å²) in [5, 5.41) is 5.49. The van der Waals surface area contributed by atoms with E-state index in [9.17, 15) is 4.39 Å². The van der Waals surface area contributed by atoms with Crippen molar-refractivity contribution in [2.24, 2.45) is 0 Å². The predicted molar refractivity (Wildman–Crippen MR) is 86.5 cm³/mol. The zero-order chi connectivity index (χ0) is 14.4. The van der Waals surface area contributed by atoms with Crippen LogP contribution in [0, 0.1) is 5.82 Å². The third-order valence-corrected chi connectivity index (χ3v) is 4.69. The Morgan fingerprint density at radius 1 is 1.35 bits per heavy atom. The average Bonchev–Trinajstić information content (AvgIpc) is 2.83. The topological polar surface area (TPSA) is 15.3 Å². The monoisotopic (exact) mass is 356 g/mol. The van der Waals surface area contributed by atoms with Crippen molar-refractivity contribution in [2.75, 3.05) is 20.1 Å². The molecule has 5 heteroatoms. The maximum Gasteiger partial charge on any atom is 0.127 e. The van der Waals surface area contributed by atoms with Gasteiger partial charge in [0.2, 0.25) is 0 Å². The van der Waals surface area contributed by atoms with Crippen LogP contribution in [-0.2, 0) is 13.1 Å². The molecule has 1 aromatic carbocycles. The minimum Gasteiger partial charge on any atom is -0.311 e. The van der Waals surface area contributed by atoms with Gasteiger partial charge in [-0.1, -0.05) is 18.2 Å². The second-order valence-electron chi connectivity index (χ2n) is 4.74. The number of thiophene rings is 1. The van der Waals surface area contributed by atoms with E-state index < -0.39 is 0 Å². The van der Waals surface area contributed by atoms with Gasteiger partial charge in [-0.05, 0) is 35.1 Å². The summed E-state index contributed by atoms with van der Waals surface area (Å²) in [4.78, 5) is 3.43. The largest absolute Gasteiger partial charge is 0.311 e. The van der Waals surface area contributed by atoms with E-state index in [4.69, 9.17) is 0 Å². The molecule has 0 saturated heterocycles. The molecule has 2 rings (SSSR count). The molecule has 0 aliphatic heterocycles. The van der Waals surface area contributed by atoms with Crippen LogP contribution in [0.3, 0.4) is 0 Å². The summed E-state index contributed by atoms with van der Waals surface area (Å²) < 4.78 is 14.7. The van der Waals surface area contributed by atoms with Crippen LogP contribution < -0.4 is 5.32 Å². The van der Waals surface area contributed by atoms with Gasteiger partial charge >= 0.3 is 0 Å². The highest BCUT2D eigenvalue weighted by molar-refractivity contribution is 9.10.